The first-order valence-corrected chi connectivity index (χ1v) is 7.73. The molecule has 6 heteroatoms. The second kappa shape index (κ2) is 7.19. The average molecular weight is 365 g/mol. The highest BCUT2D eigenvalue weighted by Crippen LogP contribution is 2.38. The fourth-order valence-corrected chi connectivity index (χ4v) is 3.26. The smallest absolute Gasteiger partial charge is 0.0885 e. The van der Waals surface area contributed by atoms with Gasteiger partial charge in [0, 0.05) is 32.6 Å². The summed E-state index contributed by atoms with van der Waals surface area (Å²) in [7, 11) is 0. The summed E-state index contributed by atoms with van der Waals surface area (Å²) in [6.45, 7) is 0.210. The summed E-state index contributed by atoms with van der Waals surface area (Å²) >= 11 is 24.1. The van der Waals surface area contributed by atoms with Crippen molar-refractivity contribution in [2.45, 2.75) is 12.0 Å². The summed E-state index contributed by atoms with van der Waals surface area (Å²) in [6, 6.07) is 10.0. The molecule has 112 valence electrons. The average Bonchev–Trinajstić information content (AvgIpc) is 2.41. The van der Waals surface area contributed by atoms with Gasteiger partial charge in [0.05, 0.1) is 6.10 Å². The third kappa shape index (κ3) is 3.84. The van der Waals surface area contributed by atoms with E-state index >= 15 is 0 Å². The lowest BCUT2D eigenvalue weighted by atomic mass is 9.89. The van der Waals surface area contributed by atoms with Crippen LogP contribution < -0.4 is 5.73 Å². The topological polar surface area (TPSA) is 46.2 Å². The van der Waals surface area contributed by atoms with Crippen molar-refractivity contribution in [3.05, 3.63) is 67.6 Å². The summed E-state index contributed by atoms with van der Waals surface area (Å²) in [5.74, 6) is -0.395. The third-order valence-electron chi connectivity index (χ3n) is 3.28. The molecular formula is C15H13Cl4NO. The molecule has 0 radical (unpaired) electrons. The van der Waals surface area contributed by atoms with E-state index in [2.05, 4.69) is 0 Å². The van der Waals surface area contributed by atoms with Gasteiger partial charge in [-0.2, -0.15) is 0 Å². The summed E-state index contributed by atoms with van der Waals surface area (Å²) in [4.78, 5) is 0. The van der Waals surface area contributed by atoms with Gasteiger partial charge in [0.25, 0.3) is 0 Å². The molecule has 0 bridgehead atoms. The Morgan fingerprint density at radius 1 is 0.857 bits per heavy atom. The predicted molar refractivity (Wildman–Crippen MR) is 89.7 cm³/mol. The lowest BCUT2D eigenvalue weighted by Gasteiger charge is -2.24. The van der Waals surface area contributed by atoms with Crippen molar-refractivity contribution >= 4 is 46.4 Å². The number of nitrogens with two attached hydrogens (primary N) is 1. The molecule has 0 fully saturated rings. The number of hydrogen-bond donors (Lipinski definition) is 2. The van der Waals surface area contributed by atoms with Gasteiger partial charge in [-0.1, -0.05) is 58.5 Å². The lowest BCUT2D eigenvalue weighted by Crippen LogP contribution is -2.20. The molecule has 0 saturated heterocycles. The minimum absolute atomic E-state index is 0.210. The van der Waals surface area contributed by atoms with E-state index in [9.17, 15) is 5.11 Å². The fourth-order valence-electron chi connectivity index (χ4n) is 2.19. The zero-order chi connectivity index (χ0) is 15.6. The molecule has 2 aromatic rings. The fraction of sp³-hybridized carbons (Fsp3) is 0.200. The van der Waals surface area contributed by atoms with Gasteiger partial charge in [-0.3, -0.25) is 0 Å². The highest BCUT2D eigenvalue weighted by Gasteiger charge is 2.25. The predicted octanol–water partition coefficient (Wildman–Crippen LogP) is 5.08. The van der Waals surface area contributed by atoms with Crippen LogP contribution in [0.25, 0.3) is 0 Å². The number of rotatable bonds is 4. The number of halogens is 4. The van der Waals surface area contributed by atoms with Gasteiger partial charge in [-0.15, -0.1) is 0 Å². The summed E-state index contributed by atoms with van der Waals surface area (Å²) in [5.41, 5.74) is 7.09. The van der Waals surface area contributed by atoms with E-state index < -0.39 is 12.0 Å². The summed E-state index contributed by atoms with van der Waals surface area (Å²) < 4.78 is 0. The van der Waals surface area contributed by atoms with E-state index in [0.29, 0.717) is 25.7 Å². The Bertz CT molecular complexity index is 648. The lowest BCUT2D eigenvalue weighted by molar-refractivity contribution is 0.147. The van der Waals surface area contributed by atoms with Crippen molar-refractivity contribution in [2.24, 2.45) is 5.73 Å². The molecule has 0 spiro atoms. The molecule has 0 aliphatic rings. The van der Waals surface area contributed by atoms with Crippen LogP contribution in [0.2, 0.25) is 20.1 Å². The third-order valence-corrected chi connectivity index (χ3v) is 4.40. The first kappa shape index (κ1) is 16.9. The quantitative estimate of drug-likeness (QED) is 0.794. The Hall–Kier alpha value is -0.480. The summed E-state index contributed by atoms with van der Waals surface area (Å²) in [5, 5.41) is 12.5. The van der Waals surface area contributed by atoms with Gasteiger partial charge in [0.1, 0.15) is 0 Å². The van der Waals surface area contributed by atoms with E-state index in [4.69, 9.17) is 52.1 Å². The van der Waals surface area contributed by atoms with Crippen LogP contribution in [0.4, 0.5) is 0 Å². The highest BCUT2D eigenvalue weighted by atomic mass is 35.5. The molecule has 0 saturated carbocycles. The molecule has 0 heterocycles. The van der Waals surface area contributed by atoms with Crippen LogP contribution in [0.15, 0.2) is 36.4 Å². The van der Waals surface area contributed by atoms with Crippen molar-refractivity contribution < 1.29 is 5.11 Å². The largest absolute Gasteiger partial charge is 0.388 e. The number of aliphatic hydroxyl groups excluding tert-OH is 1. The van der Waals surface area contributed by atoms with Crippen molar-refractivity contribution in [2.75, 3.05) is 6.54 Å². The van der Waals surface area contributed by atoms with E-state index in [1.165, 1.54) is 0 Å². The van der Waals surface area contributed by atoms with E-state index in [0.717, 1.165) is 5.56 Å². The molecule has 2 atom stereocenters. The van der Waals surface area contributed by atoms with Gasteiger partial charge in [-0.05, 0) is 35.4 Å². The van der Waals surface area contributed by atoms with Gasteiger partial charge in [0.15, 0.2) is 0 Å². The standard InChI is InChI=1S/C15H13Cl4NO/c16-8-1-3-10(13(18)5-8)12(7-20)15(21)11-4-2-9(17)6-14(11)19/h1-6,12,15,21H,7,20H2. The molecule has 2 rings (SSSR count). The number of hydrogen-bond acceptors (Lipinski definition) is 2. The molecule has 21 heavy (non-hydrogen) atoms. The Balaban J connectivity index is 2.40. The Kier molecular flexibility index (Phi) is 5.78. The van der Waals surface area contributed by atoms with Crippen LogP contribution in [0.1, 0.15) is 23.1 Å². The van der Waals surface area contributed by atoms with Crippen LogP contribution in [0, 0.1) is 0 Å². The normalized spacial score (nSPS) is 14.0. The van der Waals surface area contributed by atoms with E-state index in [-0.39, 0.29) is 6.54 Å². The SMILES string of the molecule is NCC(c1ccc(Cl)cc1Cl)C(O)c1ccc(Cl)cc1Cl. The van der Waals surface area contributed by atoms with E-state index in [1.807, 2.05) is 0 Å². The maximum Gasteiger partial charge on any atom is 0.0885 e. The minimum Gasteiger partial charge on any atom is -0.388 e. The Morgan fingerprint density at radius 2 is 1.33 bits per heavy atom. The molecule has 2 unspecified atom stereocenters. The second-order valence-electron chi connectivity index (χ2n) is 4.62. The highest BCUT2D eigenvalue weighted by molar-refractivity contribution is 6.35. The molecule has 2 aromatic carbocycles. The van der Waals surface area contributed by atoms with Crippen LogP contribution in [0.5, 0.6) is 0 Å². The maximum absolute atomic E-state index is 10.6. The minimum atomic E-state index is -0.890. The van der Waals surface area contributed by atoms with Crippen LogP contribution >= 0.6 is 46.4 Å². The zero-order valence-corrected chi connectivity index (χ0v) is 13.9. The Morgan fingerprint density at radius 3 is 1.76 bits per heavy atom. The number of benzene rings is 2. The summed E-state index contributed by atoms with van der Waals surface area (Å²) in [6.07, 6.45) is -0.890. The molecule has 0 aliphatic heterocycles. The molecule has 0 aliphatic carbocycles. The molecule has 0 amide bonds. The van der Waals surface area contributed by atoms with Gasteiger partial charge >= 0.3 is 0 Å². The van der Waals surface area contributed by atoms with Crippen LogP contribution in [-0.2, 0) is 0 Å². The van der Waals surface area contributed by atoms with E-state index in [1.54, 1.807) is 36.4 Å². The molecular weight excluding hydrogens is 352 g/mol. The van der Waals surface area contributed by atoms with Crippen LogP contribution in [-0.4, -0.2) is 11.7 Å². The zero-order valence-electron chi connectivity index (χ0n) is 10.9. The van der Waals surface area contributed by atoms with Crippen molar-refractivity contribution in [3.8, 4) is 0 Å². The van der Waals surface area contributed by atoms with Gasteiger partial charge in [0.2, 0.25) is 0 Å². The van der Waals surface area contributed by atoms with Crippen molar-refractivity contribution in [3.63, 3.8) is 0 Å². The molecule has 3 N–H and O–H groups in total. The van der Waals surface area contributed by atoms with Crippen molar-refractivity contribution in [1.29, 1.82) is 0 Å². The second-order valence-corrected chi connectivity index (χ2v) is 6.31. The maximum atomic E-state index is 10.6. The number of aliphatic hydroxyl groups is 1. The Labute approximate surface area is 143 Å². The molecule has 0 aromatic heterocycles. The van der Waals surface area contributed by atoms with Crippen molar-refractivity contribution in [1.82, 2.24) is 0 Å². The van der Waals surface area contributed by atoms with Crippen LogP contribution in [0.3, 0.4) is 0 Å². The molecule has 2 nitrogen and oxygen atoms in total. The van der Waals surface area contributed by atoms with Gasteiger partial charge < -0.3 is 10.8 Å². The van der Waals surface area contributed by atoms with Gasteiger partial charge in [-0.25, -0.2) is 0 Å². The first-order valence-electron chi connectivity index (χ1n) is 6.22. The monoisotopic (exact) mass is 363 g/mol. The first-order chi connectivity index (χ1) is 9.93.